The van der Waals surface area contributed by atoms with Gasteiger partial charge in [-0.1, -0.05) is 30.4 Å². The summed E-state index contributed by atoms with van der Waals surface area (Å²) >= 11 is 0. The van der Waals surface area contributed by atoms with Crippen molar-refractivity contribution in [3.8, 4) is 0 Å². The number of fused-ring (bicyclic) bond motifs is 1. The van der Waals surface area contributed by atoms with Crippen molar-refractivity contribution in [1.29, 1.82) is 0 Å². The van der Waals surface area contributed by atoms with E-state index in [1.165, 1.54) is 36.9 Å². The zero-order valence-electron chi connectivity index (χ0n) is 11.6. The number of allylic oxidation sites excluding steroid dienone is 3. The van der Waals surface area contributed by atoms with Crippen LogP contribution in [0.1, 0.15) is 36.6 Å². The molecular formula is C17H22N2. The molecule has 3 rings (SSSR count). The first kappa shape index (κ1) is 12.6. The number of nitrogens with zero attached hydrogens (tertiary/aromatic N) is 2. The maximum atomic E-state index is 4.64. The number of hydrogen-bond donors (Lipinski definition) is 0. The lowest BCUT2D eigenvalue weighted by molar-refractivity contribution is 0.197. The molecule has 2 heteroatoms. The van der Waals surface area contributed by atoms with Crippen molar-refractivity contribution >= 4 is 0 Å². The standard InChI is InChI=1S/C17H22N2/c1-19(13-14-7-3-2-4-8-14)16-11-5-9-15-10-6-12-18-17(15)16/h2-4,6-7,10,12,14,16H,5,8-9,11,13H2,1H3. The fourth-order valence-electron chi connectivity index (χ4n) is 3.28. The largest absolute Gasteiger partial charge is 0.297 e. The molecule has 0 spiro atoms. The van der Waals surface area contributed by atoms with Crippen LogP contribution in [-0.4, -0.2) is 23.5 Å². The quantitative estimate of drug-likeness (QED) is 0.820. The molecule has 0 bridgehead atoms. The van der Waals surface area contributed by atoms with Crippen LogP contribution in [0, 0.1) is 5.92 Å². The molecule has 100 valence electrons. The van der Waals surface area contributed by atoms with Crippen LogP contribution in [0.25, 0.3) is 0 Å². The Kier molecular flexibility index (Phi) is 3.79. The van der Waals surface area contributed by atoms with Crippen LogP contribution < -0.4 is 0 Å². The minimum Gasteiger partial charge on any atom is -0.297 e. The summed E-state index contributed by atoms with van der Waals surface area (Å²) in [5.74, 6) is 0.657. The number of aryl methyl sites for hydroxylation is 1. The molecule has 0 amide bonds. The predicted octanol–water partition coefficient (Wildman–Crippen LogP) is 3.52. The van der Waals surface area contributed by atoms with Crippen LogP contribution in [0.2, 0.25) is 0 Å². The molecule has 1 aromatic rings. The smallest absolute Gasteiger partial charge is 0.0607 e. The van der Waals surface area contributed by atoms with Crippen molar-refractivity contribution in [2.45, 2.75) is 31.7 Å². The lowest BCUT2D eigenvalue weighted by Gasteiger charge is -2.34. The van der Waals surface area contributed by atoms with E-state index in [0.29, 0.717) is 12.0 Å². The Morgan fingerprint density at radius 1 is 1.37 bits per heavy atom. The molecule has 0 radical (unpaired) electrons. The molecule has 0 N–H and O–H groups in total. The van der Waals surface area contributed by atoms with E-state index in [2.05, 4.69) is 53.4 Å². The molecule has 0 saturated carbocycles. The molecule has 0 fully saturated rings. The summed E-state index contributed by atoms with van der Waals surface area (Å²) in [5, 5.41) is 0. The average molecular weight is 254 g/mol. The van der Waals surface area contributed by atoms with Gasteiger partial charge in [0.25, 0.3) is 0 Å². The molecule has 0 saturated heterocycles. The maximum absolute atomic E-state index is 4.64. The van der Waals surface area contributed by atoms with Crippen LogP contribution in [0.5, 0.6) is 0 Å². The van der Waals surface area contributed by atoms with Gasteiger partial charge < -0.3 is 0 Å². The van der Waals surface area contributed by atoms with Crippen LogP contribution in [0.3, 0.4) is 0 Å². The minimum absolute atomic E-state index is 0.504. The van der Waals surface area contributed by atoms with E-state index in [1.54, 1.807) is 0 Å². The Labute approximate surface area is 115 Å². The van der Waals surface area contributed by atoms with E-state index in [9.17, 15) is 0 Å². The van der Waals surface area contributed by atoms with E-state index >= 15 is 0 Å². The minimum atomic E-state index is 0.504. The zero-order valence-corrected chi connectivity index (χ0v) is 11.6. The van der Waals surface area contributed by atoms with Gasteiger partial charge in [0.15, 0.2) is 0 Å². The van der Waals surface area contributed by atoms with E-state index < -0.39 is 0 Å². The second kappa shape index (κ2) is 5.70. The van der Waals surface area contributed by atoms with Gasteiger partial charge in [0.1, 0.15) is 0 Å². The molecule has 0 aromatic carbocycles. The molecule has 1 heterocycles. The summed E-state index contributed by atoms with van der Waals surface area (Å²) in [5.41, 5.74) is 2.76. The van der Waals surface area contributed by atoms with Crippen molar-refractivity contribution in [3.05, 3.63) is 53.9 Å². The first-order valence-electron chi connectivity index (χ1n) is 7.32. The van der Waals surface area contributed by atoms with Gasteiger partial charge >= 0.3 is 0 Å². The second-order valence-electron chi connectivity index (χ2n) is 5.70. The monoisotopic (exact) mass is 254 g/mol. The Morgan fingerprint density at radius 3 is 3.16 bits per heavy atom. The topological polar surface area (TPSA) is 16.1 Å². The highest BCUT2D eigenvalue weighted by atomic mass is 15.1. The Balaban J connectivity index is 1.72. The molecule has 1 aromatic heterocycles. The summed E-state index contributed by atoms with van der Waals surface area (Å²) in [6.45, 7) is 1.13. The van der Waals surface area contributed by atoms with Crippen molar-refractivity contribution in [3.63, 3.8) is 0 Å². The molecular weight excluding hydrogens is 232 g/mol. The third-order valence-corrected chi connectivity index (χ3v) is 4.29. The van der Waals surface area contributed by atoms with Crippen LogP contribution in [-0.2, 0) is 6.42 Å². The molecule has 0 aliphatic heterocycles. The fourth-order valence-corrected chi connectivity index (χ4v) is 3.28. The van der Waals surface area contributed by atoms with Crippen molar-refractivity contribution < 1.29 is 0 Å². The summed E-state index contributed by atoms with van der Waals surface area (Å²) in [6.07, 6.45) is 15.8. The highest BCUT2D eigenvalue weighted by Gasteiger charge is 2.25. The number of hydrogen-bond acceptors (Lipinski definition) is 2. The van der Waals surface area contributed by atoms with Crippen LogP contribution in [0.15, 0.2) is 42.6 Å². The van der Waals surface area contributed by atoms with Gasteiger partial charge in [-0.3, -0.25) is 9.88 Å². The second-order valence-corrected chi connectivity index (χ2v) is 5.70. The molecule has 2 unspecified atom stereocenters. The molecule has 2 aliphatic rings. The SMILES string of the molecule is CN(CC1C=CC=CC1)C1CCCc2cccnc21. The normalized spacial score (nSPS) is 25.6. The summed E-state index contributed by atoms with van der Waals surface area (Å²) in [6, 6.07) is 4.81. The first-order chi connectivity index (χ1) is 9.34. The van der Waals surface area contributed by atoms with Gasteiger partial charge in [0, 0.05) is 12.7 Å². The number of aromatic nitrogens is 1. The van der Waals surface area contributed by atoms with E-state index in [1.807, 2.05) is 6.20 Å². The predicted molar refractivity (Wildman–Crippen MR) is 78.9 cm³/mol. The third-order valence-electron chi connectivity index (χ3n) is 4.29. The Bertz CT molecular complexity index is 490. The molecule has 19 heavy (non-hydrogen) atoms. The lowest BCUT2D eigenvalue weighted by Crippen LogP contribution is -2.32. The van der Waals surface area contributed by atoms with Crippen LogP contribution in [0.4, 0.5) is 0 Å². The van der Waals surface area contributed by atoms with E-state index in [4.69, 9.17) is 0 Å². The summed E-state index contributed by atoms with van der Waals surface area (Å²) in [4.78, 5) is 7.14. The van der Waals surface area contributed by atoms with Gasteiger partial charge in [-0.15, -0.1) is 0 Å². The molecule has 2 nitrogen and oxygen atoms in total. The van der Waals surface area contributed by atoms with Crippen LogP contribution >= 0.6 is 0 Å². The van der Waals surface area contributed by atoms with Gasteiger partial charge in [-0.2, -0.15) is 0 Å². The van der Waals surface area contributed by atoms with E-state index in [-0.39, 0.29) is 0 Å². The summed E-state index contributed by atoms with van der Waals surface area (Å²) in [7, 11) is 2.25. The Morgan fingerprint density at radius 2 is 2.32 bits per heavy atom. The maximum Gasteiger partial charge on any atom is 0.0607 e. The Hall–Kier alpha value is -1.41. The zero-order chi connectivity index (χ0) is 13.1. The average Bonchev–Trinajstić information content (AvgIpc) is 2.47. The highest BCUT2D eigenvalue weighted by Crippen LogP contribution is 2.32. The van der Waals surface area contributed by atoms with Gasteiger partial charge in [-0.05, 0) is 50.3 Å². The third kappa shape index (κ3) is 2.79. The van der Waals surface area contributed by atoms with Crippen molar-refractivity contribution in [2.24, 2.45) is 5.92 Å². The van der Waals surface area contributed by atoms with Crippen molar-refractivity contribution in [1.82, 2.24) is 9.88 Å². The number of rotatable bonds is 3. The van der Waals surface area contributed by atoms with E-state index in [0.717, 1.165) is 6.54 Å². The first-order valence-corrected chi connectivity index (χ1v) is 7.32. The van der Waals surface area contributed by atoms with Gasteiger partial charge in [-0.25, -0.2) is 0 Å². The van der Waals surface area contributed by atoms with Gasteiger partial charge in [0.05, 0.1) is 11.7 Å². The number of pyridine rings is 1. The molecule has 2 atom stereocenters. The molecule has 2 aliphatic carbocycles. The fraction of sp³-hybridized carbons (Fsp3) is 0.471. The highest BCUT2D eigenvalue weighted by molar-refractivity contribution is 5.25. The van der Waals surface area contributed by atoms with Crippen molar-refractivity contribution in [2.75, 3.05) is 13.6 Å². The summed E-state index contributed by atoms with van der Waals surface area (Å²) < 4.78 is 0. The van der Waals surface area contributed by atoms with Gasteiger partial charge in [0.2, 0.25) is 0 Å². The lowest BCUT2D eigenvalue weighted by atomic mass is 9.90.